The maximum absolute atomic E-state index is 13.6. The Kier molecular flexibility index (Phi) is 4.20. The Bertz CT molecular complexity index is 933. The lowest BCUT2D eigenvalue weighted by Gasteiger charge is -2.45. The van der Waals surface area contributed by atoms with E-state index in [9.17, 15) is 9.59 Å². The second kappa shape index (κ2) is 6.74. The van der Waals surface area contributed by atoms with E-state index in [1.54, 1.807) is 0 Å². The van der Waals surface area contributed by atoms with Crippen LogP contribution in [0.5, 0.6) is 0 Å². The predicted octanol–water partition coefficient (Wildman–Crippen LogP) is 3.34. The lowest BCUT2D eigenvalue weighted by Crippen LogP contribution is -2.62. The van der Waals surface area contributed by atoms with Crippen molar-refractivity contribution in [3.05, 3.63) is 59.7 Å². The van der Waals surface area contributed by atoms with Crippen molar-refractivity contribution in [1.29, 1.82) is 0 Å². The molecule has 2 amide bonds. The van der Waals surface area contributed by atoms with Gasteiger partial charge in [0, 0.05) is 13.1 Å². The van der Waals surface area contributed by atoms with Gasteiger partial charge in [0.15, 0.2) is 0 Å². The molecule has 0 bridgehead atoms. The highest BCUT2D eigenvalue weighted by Gasteiger charge is 2.52. The Hall–Kier alpha value is -2.66. The van der Waals surface area contributed by atoms with E-state index in [1.807, 2.05) is 29.2 Å². The molecule has 0 radical (unpaired) electrons. The third kappa shape index (κ3) is 2.73. The fraction of sp³-hybridized carbons (Fsp3) is 0.391. The molecule has 5 heteroatoms. The monoisotopic (exact) mass is 375 g/mol. The average molecular weight is 375 g/mol. The van der Waals surface area contributed by atoms with E-state index in [0.717, 1.165) is 56.6 Å². The van der Waals surface area contributed by atoms with Gasteiger partial charge < -0.3 is 5.32 Å². The smallest absolute Gasteiger partial charge is 0.250 e. The van der Waals surface area contributed by atoms with Crippen LogP contribution in [-0.2, 0) is 22.6 Å². The van der Waals surface area contributed by atoms with Gasteiger partial charge >= 0.3 is 0 Å². The minimum Gasteiger partial charge on any atom is -0.322 e. The molecule has 0 atom stereocenters. The average Bonchev–Trinajstić information content (AvgIpc) is 3.19. The number of carbonyl (C=O) groups excluding carboxylic acids is 2. The first-order chi connectivity index (χ1) is 13.7. The van der Waals surface area contributed by atoms with E-state index < -0.39 is 5.54 Å². The maximum Gasteiger partial charge on any atom is 0.250 e. The summed E-state index contributed by atoms with van der Waals surface area (Å²) in [4.78, 5) is 30.6. The number of rotatable bonds is 2. The van der Waals surface area contributed by atoms with Gasteiger partial charge in [-0.05, 0) is 42.5 Å². The molecule has 144 valence electrons. The van der Waals surface area contributed by atoms with E-state index in [2.05, 4.69) is 34.5 Å². The topological polar surface area (TPSA) is 52.7 Å². The van der Waals surface area contributed by atoms with Gasteiger partial charge in [-0.25, -0.2) is 0 Å². The lowest BCUT2D eigenvalue weighted by molar-refractivity contribution is -0.128. The van der Waals surface area contributed by atoms with Gasteiger partial charge in [-0.2, -0.15) is 0 Å². The predicted molar refractivity (Wildman–Crippen MR) is 109 cm³/mol. The minimum atomic E-state index is -0.723. The molecule has 1 aliphatic carbocycles. The van der Waals surface area contributed by atoms with Crippen molar-refractivity contribution in [2.24, 2.45) is 0 Å². The number of nitrogens with zero attached hydrogens (tertiary/aromatic N) is 2. The molecule has 5 rings (SSSR count). The summed E-state index contributed by atoms with van der Waals surface area (Å²) in [6, 6.07) is 16.1. The summed E-state index contributed by atoms with van der Waals surface area (Å²) in [6.45, 7) is 2.01. The van der Waals surface area contributed by atoms with Crippen molar-refractivity contribution in [3.63, 3.8) is 0 Å². The summed E-state index contributed by atoms with van der Waals surface area (Å²) in [6.07, 6.45) is 4.40. The van der Waals surface area contributed by atoms with Crippen LogP contribution in [0, 0.1) is 0 Å². The molecule has 1 N–H and O–H groups in total. The minimum absolute atomic E-state index is 0.0268. The zero-order chi connectivity index (χ0) is 19.1. The first kappa shape index (κ1) is 17.4. The van der Waals surface area contributed by atoms with Crippen molar-refractivity contribution < 1.29 is 9.59 Å². The molecule has 0 saturated heterocycles. The summed E-state index contributed by atoms with van der Waals surface area (Å²) < 4.78 is 0. The van der Waals surface area contributed by atoms with Crippen molar-refractivity contribution in [3.8, 4) is 0 Å². The summed E-state index contributed by atoms with van der Waals surface area (Å²) in [5, 5.41) is 3.05. The van der Waals surface area contributed by atoms with Crippen molar-refractivity contribution in [2.75, 3.05) is 23.3 Å². The van der Waals surface area contributed by atoms with Gasteiger partial charge in [0.25, 0.3) is 5.91 Å². The standard InChI is InChI=1S/C23H25N3O2/c27-21(16-25-14-11-17-7-1-2-8-18(17)15-25)26-20-10-4-3-9-19(20)24-22(28)23(26)12-5-6-13-23/h1-4,7-10H,5-6,11-16H2,(H,24,28). The fourth-order valence-corrected chi connectivity index (χ4v) is 5.08. The van der Waals surface area contributed by atoms with Crippen LogP contribution < -0.4 is 10.2 Å². The number of anilines is 2. The van der Waals surface area contributed by atoms with Gasteiger partial charge in [-0.1, -0.05) is 49.2 Å². The van der Waals surface area contributed by atoms with Crippen molar-refractivity contribution >= 4 is 23.2 Å². The Morgan fingerprint density at radius 2 is 1.71 bits per heavy atom. The number of nitrogens with one attached hydrogen (secondary N) is 1. The van der Waals surface area contributed by atoms with Crippen LogP contribution in [0.4, 0.5) is 11.4 Å². The third-order valence-electron chi connectivity index (χ3n) is 6.49. The molecule has 1 spiro atoms. The number of carbonyl (C=O) groups is 2. The van der Waals surface area contributed by atoms with Gasteiger partial charge in [0.2, 0.25) is 5.91 Å². The van der Waals surface area contributed by atoms with Crippen LogP contribution in [0.25, 0.3) is 0 Å². The van der Waals surface area contributed by atoms with E-state index in [4.69, 9.17) is 0 Å². The van der Waals surface area contributed by atoms with Crippen LogP contribution in [0.1, 0.15) is 36.8 Å². The molecule has 5 nitrogen and oxygen atoms in total. The molecule has 1 fully saturated rings. The summed E-state index contributed by atoms with van der Waals surface area (Å²) in [5.41, 5.74) is 3.53. The number of amides is 2. The second-order valence-electron chi connectivity index (χ2n) is 8.17. The van der Waals surface area contributed by atoms with E-state index in [1.165, 1.54) is 11.1 Å². The quantitative estimate of drug-likeness (QED) is 0.876. The van der Waals surface area contributed by atoms with Crippen LogP contribution in [-0.4, -0.2) is 35.3 Å². The molecule has 2 aliphatic heterocycles. The van der Waals surface area contributed by atoms with Crippen LogP contribution in [0.3, 0.4) is 0 Å². The van der Waals surface area contributed by atoms with Gasteiger partial charge in [-0.15, -0.1) is 0 Å². The van der Waals surface area contributed by atoms with E-state index in [-0.39, 0.29) is 11.8 Å². The van der Waals surface area contributed by atoms with Crippen LogP contribution in [0.15, 0.2) is 48.5 Å². The summed E-state index contributed by atoms with van der Waals surface area (Å²) in [5.74, 6) is 0.00428. The highest BCUT2D eigenvalue weighted by molar-refractivity contribution is 6.15. The zero-order valence-electron chi connectivity index (χ0n) is 16.0. The molecule has 0 unspecified atom stereocenters. The second-order valence-corrected chi connectivity index (χ2v) is 8.17. The number of fused-ring (bicyclic) bond motifs is 2. The Balaban J connectivity index is 1.45. The number of hydrogen-bond acceptors (Lipinski definition) is 3. The molecule has 2 aromatic carbocycles. The molecule has 3 aliphatic rings. The van der Waals surface area contributed by atoms with Gasteiger partial charge in [0.05, 0.1) is 17.9 Å². The summed E-state index contributed by atoms with van der Waals surface area (Å²) in [7, 11) is 0. The van der Waals surface area contributed by atoms with Crippen LogP contribution in [0.2, 0.25) is 0 Å². The van der Waals surface area contributed by atoms with Crippen molar-refractivity contribution in [1.82, 2.24) is 4.90 Å². The highest BCUT2D eigenvalue weighted by Crippen LogP contribution is 2.45. The fourth-order valence-electron chi connectivity index (χ4n) is 5.08. The third-order valence-corrected chi connectivity index (χ3v) is 6.49. The van der Waals surface area contributed by atoms with Crippen molar-refractivity contribution in [2.45, 2.75) is 44.2 Å². The summed E-state index contributed by atoms with van der Waals surface area (Å²) >= 11 is 0. The van der Waals surface area contributed by atoms with Crippen LogP contribution >= 0.6 is 0 Å². The zero-order valence-corrected chi connectivity index (χ0v) is 16.0. The molecule has 2 heterocycles. The largest absolute Gasteiger partial charge is 0.322 e. The molecule has 0 aromatic heterocycles. The molecule has 28 heavy (non-hydrogen) atoms. The normalized spacial score (nSPS) is 20.6. The molecular formula is C23H25N3O2. The number of hydrogen-bond donors (Lipinski definition) is 1. The molecule has 1 saturated carbocycles. The number of benzene rings is 2. The Morgan fingerprint density at radius 3 is 2.54 bits per heavy atom. The van der Waals surface area contributed by atoms with Gasteiger partial charge in [-0.3, -0.25) is 19.4 Å². The molecule has 2 aromatic rings. The number of para-hydroxylation sites is 2. The van der Waals surface area contributed by atoms with Gasteiger partial charge in [0.1, 0.15) is 5.54 Å². The lowest BCUT2D eigenvalue weighted by atomic mass is 9.89. The Morgan fingerprint density at radius 1 is 1.00 bits per heavy atom. The SMILES string of the molecule is O=C(CN1CCc2ccccc2C1)N1c2ccccc2NC(=O)C12CCCC2. The highest BCUT2D eigenvalue weighted by atomic mass is 16.2. The first-order valence-corrected chi connectivity index (χ1v) is 10.2. The van der Waals surface area contributed by atoms with E-state index in [0.29, 0.717) is 6.54 Å². The molecular weight excluding hydrogens is 350 g/mol. The maximum atomic E-state index is 13.6. The van der Waals surface area contributed by atoms with E-state index >= 15 is 0 Å². The Labute approximate surface area is 165 Å². The first-order valence-electron chi connectivity index (χ1n) is 10.2.